The van der Waals surface area contributed by atoms with Gasteiger partial charge >= 0.3 is 12.3 Å². The highest BCUT2D eigenvalue weighted by Crippen LogP contribution is 2.49. The number of carbonyl (C=O) groups is 1. The molecule has 1 aromatic rings. The van der Waals surface area contributed by atoms with E-state index in [4.69, 9.17) is 4.74 Å². The first-order valence-electron chi connectivity index (χ1n) is 9.21. The Morgan fingerprint density at radius 1 is 1.33 bits per heavy atom. The van der Waals surface area contributed by atoms with Gasteiger partial charge in [-0.2, -0.15) is 18.3 Å². The summed E-state index contributed by atoms with van der Waals surface area (Å²) in [4.78, 5) is 14.1. The maximum absolute atomic E-state index is 13.2. The van der Waals surface area contributed by atoms with Crippen molar-refractivity contribution in [2.24, 2.45) is 7.05 Å². The van der Waals surface area contributed by atoms with Gasteiger partial charge in [0.1, 0.15) is 11.1 Å². The van der Waals surface area contributed by atoms with E-state index >= 15 is 0 Å². The molecule has 1 amide bonds. The van der Waals surface area contributed by atoms with Gasteiger partial charge in [-0.15, -0.1) is 0 Å². The molecule has 1 N–H and O–H groups in total. The predicted molar refractivity (Wildman–Crippen MR) is 93.1 cm³/mol. The van der Waals surface area contributed by atoms with Crippen LogP contribution in [0.5, 0.6) is 0 Å². The fraction of sp³-hybridized carbons (Fsp3) is 0.778. The molecule has 0 saturated heterocycles. The average molecular weight is 388 g/mol. The smallest absolute Gasteiger partial charge is 0.410 e. The molecule has 1 aliphatic carbocycles. The molecule has 152 valence electrons. The molecule has 27 heavy (non-hydrogen) atoms. The number of amides is 1. The first kappa shape index (κ1) is 20.0. The molecule has 0 spiro atoms. The highest BCUT2D eigenvalue weighted by Gasteiger charge is 2.63. The Kier molecular flexibility index (Phi) is 4.73. The van der Waals surface area contributed by atoms with Crippen molar-refractivity contribution >= 4 is 6.09 Å². The van der Waals surface area contributed by atoms with E-state index in [1.807, 2.05) is 27.7 Å². The lowest BCUT2D eigenvalue weighted by atomic mass is 9.98. The van der Waals surface area contributed by atoms with Crippen molar-refractivity contribution in [2.75, 3.05) is 6.54 Å². The van der Waals surface area contributed by atoms with E-state index in [1.54, 1.807) is 16.6 Å². The minimum Gasteiger partial charge on any atom is -0.444 e. The van der Waals surface area contributed by atoms with Crippen LogP contribution in [0.25, 0.3) is 0 Å². The standard InChI is InChI=1S/C18H27F3N4O2/c1-11-14-12(6-9-25(11)15(26)27-16(2,3)4)13(24(5)23-14)10-22-17(7-8-17)18(19,20)21/h11,22H,6-10H2,1-5H3. The van der Waals surface area contributed by atoms with E-state index in [1.165, 1.54) is 0 Å². The number of ether oxygens (including phenoxy) is 1. The molecule has 2 aliphatic rings. The number of halogens is 3. The number of hydrogen-bond acceptors (Lipinski definition) is 4. The Bertz CT molecular complexity index is 732. The lowest BCUT2D eigenvalue weighted by molar-refractivity contribution is -0.166. The molecule has 1 fully saturated rings. The Balaban J connectivity index is 1.76. The second kappa shape index (κ2) is 6.39. The van der Waals surface area contributed by atoms with Crippen molar-refractivity contribution in [3.63, 3.8) is 0 Å². The Morgan fingerprint density at radius 3 is 2.48 bits per heavy atom. The summed E-state index contributed by atoms with van der Waals surface area (Å²) in [6.07, 6.45) is -3.88. The zero-order chi connectivity index (χ0) is 20.2. The maximum Gasteiger partial charge on any atom is 0.410 e. The second-order valence-electron chi connectivity index (χ2n) is 8.47. The van der Waals surface area contributed by atoms with Crippen LogP contribution >= 0.6 is 0 Å². The van der Waals surface area contributed by atoms with Gasteiger partial charge < -0.3 is 4.74 Å². The summed E-state index contributed by atoms with van der Waals surface area (Å²) in [5.41, 5.74) is 0.0502. The topological polar surface area (TPSA) is 59.4 Å². The average Bonchev–Trinajstić information content (AvgIpc) is 3.23. The Morgan fingerprint density at radius 2 is 1.96 bits per heavy atom. The summed E-state index contributed by atoms with van der Waals surface area (Å²) in [5.74, 6) is 0. The number of aryl methyl sites for hydroxylation is 1. The first-order valence-corrected chi connectivity index (χ1v) is 9.21. The van der Waals surface area contributed by atoms with Gasteiger partial charge in [-0.25, -0.2) is 4.79 Å². The van der Waals surface area contributed by atoms with Gasteiger partial charge in [0.15, 0.2) is 0 Å². The van der Waals surface area contributed by atoms with E-state index in [0.717, 1.165) is 17.0 Å². The van der Waals surface area contributed by atoms with E-state index < -0.39 is 23.4 Å². The van der Waals surface area contributed by atoms with Crippen molar-refractivity contribution < 1.29 is 22.7 Å². The monoisotopic (exact) mass is 388 g/mol. The van der Waals surface area contributed by atoms with Gasteiger partial charge in [0.05, 0.1) is 17.4 Å². The van der Waals surface area contributed by atoms with Crippen LogP contribution in [0.2, 0.25) is 0 Å². The first-order chi connectivity index (χ1) is 12.3. The summed E-state index contributed by atoms with van der Waals surface area (Å²) >= 11 is 0. The molecule has 2 heterocycles. The van der Waals surface area contributed by atoms with E-state index in [-0.39, 0.29) is 25.4 Å². The molecule has 9 heteroatoms. The largest absolute Gasteiger partial charge is 0.444 e. The molecule has 1 aliphatic heterocycles. The van der Waals surface area contributed by atoms with Gasteiger partial charge in [-0.3, -0.25) is 14.9 Å². The molecule has 1 aromatic heterocycles. The quantitative estimate of drug-likeness (QED) is 0.862. The normalized spacial score (nSPS) is 21.8. The summed E-state index contributed by atoms with van der Waals surface area (Å²) in [6.45, 7) is 7.85. The van der Waals surface area contributed by atoms with Gasteiger partial charge in [0, 0.05) is 25.7 Å². The molecule has 3 rings (SSSR count). The molecular formula is C18H27F3N4O2. The molecular weight excluding hydrogens is 361 g/mol. The zero-order valence-electron chi connectivity index (χ0n) is 16.4. The van der Waals surface area contributed by atoms with E-state index in [0.29, 0.717) is 13.0 Å². The third kappa shape index (κ3) is 3.79. The summed E-state index contributed by atoms with van der Waals surface area (Å²) in [7, 11) is 1.73. The van der Waals surface area contributed by atoms with Gasteiger partial charge in [-0.05, 0) is 47.0 Å². The lowest BCUT2D eigenvalue weighted by Crippen LogP contribution is -2.45. The van der Waals surface area contributed by atoms with Crippen LogP contribution in [0.1, 0.15) is 63.5 Å². The number of carbonyl (C=O) groups excluding carboxylic acids is 1. The number of alkyl halides is 3. The molecule has 0 aromatic carbocycles. The number of nitrogens with zero attached hydrogens (tertiary/aromatic N) is 3. The molecule has 1 unspecified atom stereocenters. The number of fused-ring (bicyclic) bond motifs is 1. The minimum absolute atomic E-state index is 0.109. The van der Waals surface area contributed by atoms with Crippen molar-refractivity contribution in [1.29, 1.82) is 0 Å². The minimum atomic E-state index is -4.24. The van der Waals surface area contributed by atoms with E-state index in [9.17, 15) is 18.0 Å². The third-order valence-electron chi connectivity index (χ3n) is 5.29. The van der Waals surface area contributed by atoms with Crippen molar-refractivity contribution in [3.05, 3.63) is 17.0 Å². The van der Waals surface area contributed by atoms with Crippen molar-refractivity contribution in [1.82, 2.24) is 20.0 Å². The van der Waals surface area contributed by atoms with Crippen LogP contribution in [0.4, 0.5) is 18.0 Å². The van der Waals surface area contributed by atoms with Crippen LogP contribution in [-0.4, -0.2) is 44.6 Å². The highest BCUT2D eigenvalue weighted by molar-refractivity contribution is 5.69. The lowest BCUT2D eigenvalue weighted by Gasteiger charge is -2.34. The Labute approximate surface area is 157 Å². The summed E-state index contributed by atoms with van der Waals surface area (Å²) < 4.78 is 46.6. The third-order valence-corrected chi connectivity index (χ3v) is 5.29. The van der Waals surface area contributed by atoms with Gasteiger partial charge in [0.25, 0.3) is 0 Å². The van der Waals surface area contributed by atoms with Crippen LogP contribution in [-0.2, 0) is 24.8 Å². The number of rotatable bonds is 3. The van der Waals surface area contributed by atoms with Crippen LogP contribution in [0.3, 0.4) is 0 Å². The van der Waals surface area contributed by atoms with Crippen LogP contribution in [0, 0.1) is 0 Å². The fourth-order valence-corrected chi connectivity index (χ4v) is 3.54. The van der Waals surface area contributed by atoms with Crippen LogP contribution < -0.4 is 5.32 Å². The second-order valence-corrected chi connectivity index (χ2v) is 8.47. The van der Waals surface area contributed by atoms with Crippen LogP contribution in [0.15, 0.2) is 0 Å². The SMILES string of the molecule is CC1c2nn(C)c(CNC3(C(F)(F)F)CC3)c2CCN1C(=O)OC(C)(C)C. The molecule has 0 bridgehead atoms. The maximum atomic E-state index is 13.2. The Hall–Kier alpha value is -1.77. The van der Waals surface area contributed by atoms with Gasteiger partial charge in [-0.1, -0.05) is 0 Å². The van der Waals surface area contributed by atoms with Crippen molar-refractivity contribution in [2.45, 2.75) is 76.9 Å². The molecule has 1 saturated carbocycles. The molecule has 0 radical (unpaired) electrons. The predicted octanol–water partition coefficient (Wildman–Crippen LogP) is 3.46. The number of aromatic nitrogens is 2. The molecule has 6 nitrogen and oxygen atoms in total. The van der Waals surface area contributed by atoms with E-state index in [2.05, 4.69) is 10.4 Å². The van der Waals surface area contributed by atoms with Crippen molar-refractivity contribution in [3.8, 4) is 0 Å². The number of nitrogens with one attached hydrogen (secondary N) is 1. The fourth-order valence-electron chi connectivity index (χ4n) is 3.54. The summed E-state index contributed by atoms with van der Waals surface area (Å²) in [5, 5.41) is 7.18. The zero-order valence-corrected chi connectivity index (χ0v) is 16.4. The number of hydrogen-bond donors (Lipinski definition) is 1. The molecule has 1 atom stereocenters. The summed E-state index contributed by atoms with van der Waals surface area (Å²) in [6, 6.07) is -0.291. The highest BCUT2D eigenvalue weighted by atomic mass is 19.4. The van der Waals surface area contributed by atoms with Gasteiger partial charge in [0.2, 0.25) is 0 Å².